The van der Waals surface area contributed by atoms with E-state index in [0.29, 0.717) is 12.8 Å². The fourth-order valence-corrected chi connectivity index (χ4v) is 3.20. The summed E-state index contributed by atoms with van der Waals surface area (Å²) in [5, 5.41) is 0. The van der Waals surface area contributed by atoms with Gasteiger partial charge in [0.15, 0.2) is 0 Å². The van der Waals surface area contributed by atoms with Crippen LogP contribution in [-0.2, 0) is 16.0 Å². The van der Waals surface area contributed by atoms with Crippen LogP contribution in [0, 0.1) is 0 Å². The van der Waals surface area contributed by atoms with Gasteiger partial charge in [0.1, 0.15) is 6.04 Å². The van der Waals surface area contributed by atoms with Gasteiger partial charge in [-0.25, -0.2) is 0 Å². The number of carbonyl (C=O) groups excluding carboxylic acids is 2. The van der Waals surface area contributed by atoms with Crippen LogP contribution in [0.4, 0.5) is 0 Å². The first kappa shape index (κ1) is 12.4. The molecule has 2 aliphatic rings. The van der Waals surface area contributed by atoms with E-state index in [1.165, 1.54) is 16.2 Å². The van der Waals surface area contributed by atoms with Crippen molar-refractivity contribution in [3.05, 3.63) is 23.5 Å². The molecule has 1 fully saturated rings. The molecule has 102 valence electrons. The lowest BCUT2D eigenvalue weighted by molar-refractivity contribution is -0.149. The van der Waals surface area contributed by atoms with E-state index in [2.05, 4.69) is 0 Å². The first-order valence-electron chi connectivity index (χ1n) is 6.85. The van der Waals surface area contributed by atoms with Gasteiger partial charge in [-0.05, 0) is 37.3 Å². The lowest BCUT2D eigenvalue weighted by atomic mass is 9.93. The quantitative estimate of drug-likeness (QED) is 0.771. The van der Waals surface area contributed by atoms with Crippen LogP contribution >= 0.6 is 0 Å². The van der Waals surface area contributed by atoms with E-state index in [0.717, 1.165) is 19.3 Å². The van der Waals surface area contributed by atoms with Crippen molar-refractivity contribution in [3.8, 4) is 0 Å². The number of hydrogen-bond donors (Lipinski definition) is 1. The Kier molecular flexibility index (Phi) is 2.93. The predicted octanol–water partition coefficient (Wildman–Crippen LogP) is 1.14. The number of aromatic nitrogens is 1. The van der Waals surface area contributed by atoms with Gasteiger partial charge in [0, 0.05) is 31.4 Å². The second-order valence-corrected chi connectivity index (χ2v) is 5.47. The number of imide groups is 1. The number of carbonyl (C=O) groups is 2. The third-order valence-corrected chi connectivity index (χ3v) is 4.34. The molecular formula is C14H19N3O2. The Morgan fingerprint density at radius 1 is 1.26 bits per heavy atom. The molecule has 1 aromatic rings. The Morgan fingerprint density at radius 3 is 2.84 bits per heavy atom. The van der Waals surface area contributed by atoms with Crippen LogP contribution < -0.4 is 5.73 Å². The van der Waals surface area contributed by atoms with Crippen molar-refractivity contribution < 1.29 is 9.59 Å². The largest absolute Gasteiger partial charge is 0.339 e. The molecule has 3 rings (SSSR count). The zero-order valence-corrected chi connectivity index (χ0v) is 11.1. The number of nitrogens with zero attached hydrogens (tertiary/aromatic N) is 2. The second kappa shape index (κ2) is 4.49. The molecule has 2 amide bonds. The molecule has 5 nitrogen and oxygen atoms in total. The van der Waals surface area contributed by atoms with Crippen molar-refractivity contribution in [2.45, 2.75) is 44.2 Å². The maximum absolute atomic E-state index is 12.3. The predicted molar refractivity (Wildman–Crippen MR) is 70.3 cm³/mol. The van der Waals surface area contributed by atoms with Gasteiger partial charge < -0.3 is 10.3 Å². The molecule has 2 heterocycles. The number of fused-ring (bicyclic) bond motifs is 1. The lowest BCUT2D eigenvalue weighted by Gasteiger charge is -2.31. The van der Waals surface area contributed by atoms with Gasteiger partial charge in [-0.1, -0.05) is 0 Å². The van der Waals surface area contributed by atoms with Gasteiger partial charge in [0.25, 0.3) is 5.91 Å². The number of likely N-dealkylation sites (N-methyl/N-ethyl adjacent to an activating group) is 1. The van der Waals surface area contributed by atoms with Gasteiger partial charge >= 0.3 is 0 Å². The van der Waals surface area contributed by atoms with Gasteiger partial charge in [0.05, 0.1) is 0 Å². The minimum Gasteiger partial charge on any atom is -0.339 e. The molecule has 5 heteroatoms. The summed E-state index contributed by atoms with van der Waals surface area (Å²) in [6.45, 7) is 0. The van der Waals surface area contributed by atoms with Crippen molar-refractivity contribution in [3.63, 3.8) is 0 Å². The summed E-state index contributed by atoms with van der Waals surface area (Å²) in [6.07, 6.45) is 6.03. The van der Waals surface area contributed by atoms with E-state index in [9.17, 15) is 9.59 Å². The van der Waals surface area contributed by atoms with E-state index in [4.69, 9.17) is 5.73 Å². The number of nitrogens with two attached hydrogens (primary N) is 1. The summed E-state index contributed by atoms with van der Waals surface area (Å²) in [5.74, 6) is -0.187. The first-order chi connectivity index (χ1) is 9.09. The van der Waals surface area contributed by atoms with E-state index in [-0.39, 0.29) is 23.9 Å². The molecule has 0 spiro atoms. The average Bonchev–Trinajstić information content (AvgIpc) is 2.82. The van der Waals surface area contributed by atoms with E-state index in [1.54, 1.807) is 7.05 Å². The minimum absolute atomic E-state index is 0.0843. The third kappa shape index (κ3) is 1.89. The first-order valence-corrected chi connectivity index (χ1v) is 6.85. The Bertz CT molecular complexity index is 535. The summed E-state index contributed by atoms with van der Waals surface area (Å²) < 4.78 is 2.04. The molecule has 0 radical (unpaired) electrons. The van der Waals surface area contributed by atoms with Gasteiger partial charge in [-0.3, -0.25) is 14.5 Å². The highest BCUT2D eigenvalue weighted by Crippen LogP contribution is 2.33. The average molecular weight is 261 g/mol. The summed E-state index contributed by atoms with van der Waals surface area (Å²) in [4.78, 5) is 25.0. The number of rotatable bonds is 1. The summed E-state index contributed by atoms with van der Waals surface area (Å²) in [7, 11) is 1.57. The number of hydrogen-bond acceptors (Lipinski definition) is 3. The molecule has 0 aromatic carbocycles. The van der Waals surface area contributed by atoms with Gasteiger partial charge in [-0.2, -0.15) is 0 Å². The Morgan fingerprint density at radius 2 is 2.05 bits per heavy atom. The van der Waals surface area contributed by atoms with E-state index >= 15 is 0 Å². The molecule has 1 saturated heterocycles. The summed E-state index contributed by atoms with van der Waals surface area (Å²) in [5.41, 5.74) is 8.46. The second-order valence-electron chi connectivity index (χ2n) is 5.47. The molecule has 2 atom stereocenters. The van der Waals surface area contributed by atoms with Crippen LogP contribution in [0.25, 0.3) is 0 Å². The molecule has 0 bridgehead atoms. The zero-order valence-electron chi connectivity index (χ0n) is 11.1. The van der Waals surface area contributed by atoms with Crippen LogP contribution in [0.3, 0.4) is 0 Å². The highest BCUT2D eigenvalue weighted by molar-refractivity contribution is 5.99. The monoisotopic (exact) mass is 261 g/mol. The van der Waals surface area contributed by atoms with Crippen LogP contribution in [-0.4, -0.2) is 28.3 Å². The Balaban J connectivity index is 1.95. The van der Waals surface area contributed by atoms with Crippen molar-refractivity contribution in [1.82, 2.24) is 9.47 Å². The normalized spacial score (nSPS) is 27.6. The fraction of sp³-hybridized carbons (Fsp3) is 0.571. The zero-order chi connectivity index (χ0) is 13.6. The smallest absolute Gasteiger partial charge is 0.251 e. The fourth-order valence-electron chi connectivity index (χ4n) is 3.20. The standard InChI is InChI=1S/C14H19N3O2/c1-16-13(18)6-5-12(14(16)19)17-8-7-9-10(15)3-2-4-11(9)17/h7-8,10,12H,2-6,15H2,1H3. The van der Waals surface area contributed by atoms with E-state index in [1.807, 2.05) is 16.8 Å². The molecule has 19 heavy (non-hydrogen) atoms. The molecule has 1 aliphatic heterocycles. The molecule has 2 unspecified atom stereocenters. The number of amides is 2. The highest BCUT2D eigenvalue weighted by atomic mass is 16.2. The summed E-state index contributed by atoms with van der Waals surface area (Å²) >= 11 is 0. The van der Waals surface area contributed by atoms with Crippen molar-refractivity contribution >= 4 is 11.8 Å². The van der Waals surface area contributed by atoms with Crippen LogP contribution in [0.1, 0.15) is 49.0 Å². The van der Waals surface area contributed by atoms with Gasteiger partial charge in [-0.15, -0.1) is 0 Å². The van der Waals surface area contributed by atoms with Crippen LogP contribution in [0.2, 0.25) is 0 Å². The lowest BCUT2D eigenvalue weighted by Crippen LogP contribution is -2.43. The number of piperidine rings is 1. The van der Waals surface area contributed by atoms with Gasteiger partial charge in [0.2, 0.25) is 5.91 Å². The Labute approximate surface area is 112 Å². The number of likely N-dealkylation sites (tertiary alicyclic amines) is 1. The molecule has 0 saturated carbocycles. The Hall–Kier alpha value is -1.62. The molecule has 1 aliphatic carbocycles. The summed E-state index contributed by atoms with van der Waals surface area (Å²) in [6, 6.07) is 1.88. The third-order valence-electron chi connectivity index (χ3n) is 4.34. The highest BCUT2D eigenvalue weighted by Gasteiger charge is 2.34. The van der Waals surface area contributed by atoms with Crippen LogP contribution in [0.15, 0.2) is 12.3 Å². The van der Waals surface area contributed by atoms with E-state index < -0.39 is 0 Å². The maximum Gasteiger partial charge on any atom is 0.251 e. The van der Waals surface area contributed by atoms with Crippen molar-refractivity contribution in [2.24, 2.45) is 5.73 Å². The topological polar surface area (TPSA) is 68.3 Å². The van der Waals surface area contributed by atoms with Crippen molar-refractivity contribution in [2.75, 3.05) is 7.05 Å². The minimum atomic E-state index is -0.239. The van der Waals surface area contributed by atoms with Crippen molar-refractivity contribution in [1.29, 1.82) is 0 Å². The maximum atomic E-state index is 12.3. The SMILES string of the molecule is CN1C(=O)CCC(n2ccc3c2CCCC3N)C1=O. The van der Waals surface area contributed by atoms with Crippen LogP contribution in [0.5, 0.6) is 0 Å². The molecule has 2 N–H and O–H groups in total. The molecule has 1 aromatic heterocycles. The molecular weight excluding hydrogens is 242 g/mol.